The van der Waals surface area contributed by atoms with Crippen molar-refractivity contribution in [2.24, 2.45) is 0 Å². The van der Waals surface area contributed by atoms with Crippen molar-refractivity contribution in [1.29, 1.82) is 5.26 Å². The minimum atomic E-state index is -0.842. The number of nitriles is 1. The van der Waals surface area contributed by atoms with Gasteiger partial charge in [-0.25, -0.2) is 0 Å². The van der Waals surface area contributed by atoms with Crippen LogP contribution in [0.25, 0.3) is 0 Å². The quantitative estimate of drug-likeness (QED) is 0.578. The smallest absolute Gasteiger partial charge is 0.306 e. The molecule has 0 saturated heterocycles. The molecule has 2 aliphatic carbocycles. The lowest BCUT2D eigenvalue weighted by atomic mass is 9.83. The van der Waals surface area contributed by atoms with Crippen LogP contribution >= 0.6 is 0 Å². The molecule has 2 aliphatic rings. The van der Waals surface area contributed by atoms with Crippen LogP contribution in [0.2, 0.25) is 0 Å². The molecule has 6 nitrogen and oxygen atoms in total. The summed E-state index contributed by atoms with van der Waals surface area (Å²) in [6.07, 6.45) is 7.28. The molecule has 0 aromatic heterocycles. The Balaban J connectivity index is 1.41. The van der Waals surface area contributed by atoms with Crippen LogP contribution in [0.1, 0.15) is 72.9 Å². The standard InChI is InChI=1S/C22H26N2O4/c23-15-22(11-2-1-3-12-22)24-20(26)14-28-21(27)10-9-19(25)18-8-7-16-5-4-6-17(16)13-18/h7-8,13H,1-6,9-12,14H2,(H,24,26). The number of hydrogen-bond acceptors (Lipinski definition) is 5. The van der Waals surface area contributed by atoms with E-state index >= 15 is 0 Å². The zero-order chi connectivity index (χ0) is 20.0. The number of rotatable bonds is 7. The Morgan fingerprint density at radius 1 is 1.04 bits per heavy atom. The molecule has 0 aliphatic heterocycles. The monoisotopic (exact) mass is 382 g/mol. The Hall–Kier alpha value is -2.68. The minimum Gasteiger partial charge on any atom is -0.456 e. The lowest BCUT2D eigenvalue weighted by molar-refractivity contribution is -0.148. The van der Waals surface area contributed by atoms with Crippen molar-refractivity contribution >= 4 is 17.7 Å². The van der Waals surface area contributed by atoms with E-state index in [0.29, 0.717) is 18.4 Å². The van der Waals surface area contributed by atoms with Crippen molar-refractivity contribution < 1.29 is 19.1 Å². The summed E-state index contributed by atoms with van der Waals surface area (Å²) >= 11 is 0. The van der Waals surface area contributed by atoms with Crippen molar-refractivity contribution in [2.75, 3.05) is 6.61 Å². The average molecular weight is 382 g/mol. The van der Waals surface area contributed by atoms with Gasteiger partial charge in [-0.05, 0) is 49.3 Å². The van der Waals surface area contributed by atoms with Crippen LogP contribution in [0.15, 0.2) is 18.2 Å². The van der Waals surface area contributed by atoms with E-state index in [4.69, 9.17) is 4.74 Å². The van der Waals surface area contributed by atoms with Gasteiger partial charge >= 0.3 is 5.97 Å². The van der Waals surface area contributed by atoms with E-state index in [1.165, 1.54) is 11.1 Å². The third-order valence-corrected chi connectivity index (χ3v) is 5.64. The molecule has 28 heavy (non-hydrogen) atoms. The molecule has 0 radical (unpaired) electrons. The Morgan fingerprint density at radius 3 is 2.54 bits per heavy atom. The summed E-state index contributed by atoms with van der Waals surface area (Å²) in [4.78, 5) is 36.2. The van der Waals surface area contributed by atoms with Crippen LogP contribution in [0.4, 0.5) is 0 Å². The van der Waals surface area contributed by atoms with Crippen LogP contribution in [0.5, 0.6) is 0 Å². The number of carbonyl (C=O) groups excluding carboxylic acids is 3. The van der Waals surface area contributed by atoms with Crippen LogP contribution in [0.3, 0.4) is 0 Å². The third kappa shape index (κ3) is 4.98. The molecule has 0 unspecified atom stereocenters. The number of fused-ring (bicyclic) bond motifs is 1. The summed E-state index contributed by atoms with van der Waals surface area (Å²) in [6, 6.07) is 7.93. The molecule has 0 heterocycles. The molecule has 0 atom stereocenters. The second-order valence-electron chi connectivity index (χ2n) is 7.72. The van der Waals surface area contributed by atoms with E-state index in [9.17, 15) is 19.6 Å². The Labute approximate surface area is 165 Å². The van der Waals surface area contributed by atoms with Crippen LogP contribution in [-0.2, 0) is 27.2 Å². The number of benzene rings is 1. The molecule has 1 aromatic carbocycles. The fourth-order valence-corrected chi connectivity index (χ4v) is 4.05. The zero-order valence-corrected chi connectivity index (χ0v) is 16.1. The first-order valence-electron chi connectivity index (χ1n) is 10.0. The first-order chi connectivity index (χ1) is 13.5. The van der Waals surface area contributed by atoms with Crippen LogP contribution in [0, 0.1) is 11.3 Å². The van der Waals surface area contributed by atoms with Gasteiger partial charge in [-0.3, -0.25) is 14.4 Å². The molecule has 1 amide bonds. The normalized spacial score (nSPS) is 17.2. The number of nitrogens with one attached hydrogen (secondary N) is 1. The number of carbonyl (C=O) groups is 3. The first kappa shape index (κ1) is 20.1. The topological polar surface area (TPSA) is 96.3 Å². The number of nitrogens with zero attached hydrogens (tertiary/aromatic N) is 1. The summed E-state index contributed by atoms with van der Waals surface area (Å²) in [5, 5.41) is 12.1. The van der Waals surface area contributed by atoms with Gasteiger partial charge in [0.1, 0.15) is 5.54 Å². The maximum atomic E-state index is 12.3. The van der Waals surface area contributed by atoms with Crippen molar-refractivity contribution in [3.63, 3.8) is 0 Å². The second-order valence-corrected chi connectivity index (χ2v) is 7.72. The molecule has 1 fully saturated rings. The van der Waals surface area contributed by atoms with E-state index in [1.54, 1.807) is 0 Å². The molecular weight excluding hydrogens is 356 g/mol. The lowest BCUT2D eigenvalue weighted by Crippen LogP contribution is -2.50. The summed E-state index contributed by atoms with van der Waals surface area (Å²) in [5.74, 6) is -1.15. The van der Waals surface area contributed by atoms with Gasteiger partial charge in [0.2, 0.25) is 0 Å². The Kier molecular flexibility index (Phi) is 6.45. The Bertz CT molecular complexity index is 803. The molecule has 1 aromatic rings. The molecule has 6 heteroatoms. The van der Waals surface area contributed by atoms with Crippen molar-refractivity contribution in [1.82, 2.24) is 5.32 Å². The molecule has 3 rings (SSSR count). The highest BCUT2D eigenvalue weighted by atomic mass is 16.5. The fraction of sp³-hybridized carbons (Fsp3) is 0.545. The molecule has 1 saturated carbocycles. The number of amides is 1. The molecular formula is C22H26N2O4. The first-order valence-corrected chi connectivity index (χ1v) is 10.0. The molecule has 148 valence electrons. The minimum absolute atomic E-state index is 0.0569. The molecule has 0 spiro atoms. The number of esters is 1. The fourth-order valence-electron chi connectivity index (χ4n) is 4.05. The number of aryl methyl sites for hydroxylation is 2. The van der Waals surface area contributed by atoms with Gasteiger partial charge in [-0.15, -0.1) is 0 Å². The van der Waals surface area contributed by atoms with Gasteiger partial charge in [-0.2, -0.15) is 5.26 Å². The summed E-state index contributed by atoms with van der Waals surface area (Å²) in [7, 11) is 0. The number of ketones is 1. The largest absolute Gasteiger partial charge is 0.456 e. The predicted molar refractivity (Wildman–Crippen MR) is 103 cm³/mol. The molecule has 0 bridgehead atoms. The van der Waals surface area contributed by atoms with E-state index in [2.05, 4.69) is 11.4 Å². The highest BCUT2D eigenvalue weighted by Crippen LogP contribution is 2.27. The predicted octanol–water partition coefficient (Wildman–Crippen LogP) is 3.02. The van der Waals surface area contributed by atoms with E-state index < -0.39 is 24.0 Å². The van der Waals surface area contributed by atoms with Gasteiger partial charge in [0.25, 0.3) is 5.91 Å². The van der Waals surface area contributed by atoms with E-state index in [0.717, 1.165) is 38.5 Å². The highest BCUT2D eigenvalue weighted by Gasteiger charge is 2.33. The summed E-state index contributed by atoms with van der Waals surface area (Å²) in [6.45, 7) is -0.421. The maximum Gasteiger partial charge on any atom is 0.306 e. The van der Waals surface area contributed by atoms with Crippen molar-refractivity contribution in [3.8, 4) is 6.07 Å². The van der Waals surface area contributed by atoms with Gasteiger partial charge in [0, 0.05) is 12.0 Å². The third-order valence-electron chi connectivity index (χ3n) is 5.64. The van der Waals surface area contributed by atoms with E-state index in [-0.39, 0.29) is 18.6 Å². The second kappa shape index (κ2) is 9.01. The summed E-state index contributed by atoms with van der Waals surface area (Å²) in [5.41, 5.74) is 2.31. The number of ether oxygens (including phenoxy) is 1. The lowest BCUT2D eigenvalue weighted by Gasteiger charge is -2.31. The van der Waals surface area contributed by atoms with Crippen LogP contribution < -0.4 is 5.32 Å². The Morgan fingerprint density at radius 2 is 1.79 bits per heavy atom. The zero-order valence-electron chi connectivity index (χ0n) is 16.1. The van der Waals surface area contributed by atoms with Crippen molar-refractivity contribution in [3.05, 3.63) is 34.9 Å². The highest BCUT2D eigenvalue weighted by molar-refractivity contribution is 5.98. The number of Topliss-reactive ketones (excluding diaryl/α,β-unsaturated/α-hetero) is 1. The van der Waals surface area contributed by atoms with Crippen LogP contribution in [-0.4, -0.2) is 29.8 Å². The average Bonchev–Trinajstić information content (AvgIpc) is 3.19. The van der Waals surface area contributed by atoms with Gasteiger partial charge in [0.15, 0.2) is 12.4 Å². The molecule has 1 N–H and O–H groups in total. The van der Waals surface area contributed by atoms with Gasteiger partial charge in [-0.1, -0.05) is 31.4 Å². The van der Waals surface area contributed by atoms with Gasteiger partial charge in [0.05, 0.1) is 12.5 Å². The SMILES string of the molecule is N#CC1(NC(=O)COC(=O)CCC(=O)c2ccc3c(c2)CCC3)CCCCC1. The van der Waals surface area contributed by atoms with E-state index in [1.807, 2.05) is 18.2 Å². The van der Waals surface area contributed by atoms with Gasteiger partial charge < -0.3 is 10.1 Å². The van der Waals surface area contributed by atoms with Crippen molar-refractivity contribution in [2.45, 2.75) is 69.7 Å². The maximum absolute atomic E-state index is 12.3. The summed E-state index contributed by atoms with van der Waals surface area (Å²) < 4.78 is 4.98. The number of hydrogen-bond donors (Lipinski definition) is 1.